The van der Waals surface area contributed by atoms with Crippen molar-refractivity contribution >= 4 is 15.9 Å². The Bertz CT molecular complexity index is 409. The number of nitrogens with two attached hydrogens (primary N) is 1. The van der Waals surface area contributed by atoms with Crippen LogP contribution in [0.15, 0.2) is 16.6 Å². The number of hydrogen-bond acceptors (Lipinski definition) is 3. The fourth-order valence-corrected chi connectivity index (χ4v) is 2.62. The molecule has 2 N–H and O–H groups in total. The van der Waals surface area contributed by atoms with Crippen LogP contribution in [-0.2, 0) is 13.0 Å². The maximum atomic E-state index is 5.72. The van der Waals surface area contributed by atoms with E-state index in [0.717, 1.165) is 29.8 Å². The number of likely N-dealkylation sites (N-methyl/N-ethyl adjacent to an activating group) is 1. The molecule has 0 aliphatic carbocycles. The zero-order valence-corrected chi connectivity index (χ0v) is 12.0. The van der Waals surface area contributed by atoms with E-state index in [1.165, 1.54) is 11.1 Å². The normalized spacial score (nSPS) is 15.8. The van der Waals surface area contributed by atoms with Crippen LogP contribution in [0.4, 0.5) is 0 Å². The summed E-state index contributed by atoms with van der Waals surface area (Å²) < 4.78 is 6.85. The monoisotopic (exact) mass is 298 g/mol. The molecule has 1 aromatic carbocycles. The Hall–Kier alpha value is -0.580. The molecule has 94 valence electrons. The third-order valence-corrected chi connectivity index (χ3v) is 3.80. The number of halogens is 1. The van der Waals surface area contributed by atoms with Gasteiger partial charge in [0.1, 0.15) is 5.75 Å². The van der Waals surface area contributed by atoms with E-state index in [9.17, 15) is 0 Å². The van der Waals surface area contributed by atoms with E-state index in [-0.39, 0.29) is 0 Å². The van der Waals surface area contributed by atoms with Crippen LogP contribution in [-0.4, -0.2) is 31.1 Å². The van der Waals surface area contributed by atoms with Gasteiger partial charge in [0.25, 0.3) is 0 Å². The van der Waals surface area contributed by atoms with Crippen LogP contribution >= 0.6 is 15.9 Å². The number of rotatable bonds is 4. The SMILES string of the molecule is CC(CN)N(C)Cc1cc(Br)cc2c1OCC2. The second-order valence-corrected chi connectivity index (χ2v) is 5.57. The summed E-state index contributed by atoms with van der Waals surface area (Å²) in [7, 11) is 2.10. The van der Waals surface area contributed by atoms with E-state index < -0.39 is 0 Å². The van der Waals surface area contributed by atoms with Crippen molar-refractivity contribution in [2.75, 3.05) is 20.2 Å². The van der Waals surface area contributed by atoms with Gasteiger partial charge in [-0.1, -0.05) is 15.9 Å². The summed E-state index contributed by atoms with van der Waals surface area (Å²) in [5.74, 6) is 1.07. The predicted molar refractivity (Wildman–Crippen MR) is 73.3 cm³/mol. The fraction of sp³-hybridized carbons (Fsp3) is 0.538. The molecule has 0 amide bonds. The quantitative estimate of drug-likeness (QED) is 0.926. The molecule has 2 rings (SSSR count). The van der Waals surface area contributed by atoms with Crippen molar-refractivity contribution in [1.29, 1.82) is 0 Å². The van der Waals surface area contributed by atoms with Crippen LogP contribution in [0, 0.1) is 0 Å². The van der Waals surface area contributed by atoms with Crippen molar-refractivity contribution in [2.45, 2.75) is 25.9 Å². The van der Waals surface area contributed by atoms with Gasteiger partial charge in [-0.2, -0.15) is 0 Å². The van der Waals surface area contributed by atoms with Crippen molar-refractivity contribution < 1.29 is 4.74 Å². The largest absolute Gasteiger partial charge is 0.493 e. The predicted octanol–water partition coefficient (Wildman–Crippen LogP) is 2.16. The molecule has 1 unspecified atom stereocenters. The van der Waals surface area contributed by atoms with Crippen LogP contribution in [0.2, 0.25) is 0 Å². The van der Waals surface area contributed by atoms with Gasteiger partial charge in [-0.15, -0.1) is 0 Å². The molecule has 17 heavy (non-hydrogen) atoms. The Morgan fingerprint density at radius 3 is 3.00 bits per heavy atom. The van der Waals surface area contributed by atoms with Gasteiger partial charge in [0.15, 0.2) is 0 Å². The number of nitrogens with zero attached hydrogens (tertiary/aromatic N) is 1. The number of hydrogen-bond donors (Lipinski definition) is 1. The minimum absolute atomic E-state index is 0.381. The lowest BCUT2D eigenvalue weighted by atomic mass is 10.1. The Labute approximate surface area is 111 Å². The summed E-state index contributed by atoms with van der Waals surface area (Å²) >= 11 is 3.56. The van der Waals surface area contributed by atoms with Gasteiger partial charge < -0.3 is 10.5 Å². The fourth-order valence-electron chi connectivity index (χ4n) is 2.07. The molecule has 0 saturated carbocycles. The summed E-state index contributed by atoms with van der Waals surface area (Å²) in [6, 6.07) is 4.67. The topological polar surface area (TPSA) is 38.5 Å². The lowest BCUT2D eigenvalue weighted by molar-refractivity contribution is 0.249. The lowest BCUT2D eigenvalue weighted by Gasteiger charge is -2.24. The van der Waals surface area contributed by atoms with Crippen LogP contribution < -0.4 is 10.5 Å². The van der Waals surface area contributed by atoms with Crippen molar-refractivity contribution in [3.63, 3.8) is 0 Å². The van der Waals surface area contributed by atoms with Crippen molar-refractivity contribution in [1.82, 2.24) is 4.90 Å². The standard InChI is InChI=1S/C13H19BrN2O/c1-9(7-15)16(2)8-11-6-12(14)5-10-3-4-17-13(10)11/h5-6,9H,3-4,7-8,15H2,1-2H3. The molecule has 0 bridgehead atoms. The van der Waals surface area contributed by atoms with Gasteiger partial charge in [-0.3, -0.25) is 4.90 Å². The summed E-state index contributed by atoms with van der Waals surface area (Å²) in [5, 5.41) is 0. The van der Waals surface area contributed by atoms with Gasteiger partial charge in [-0.05, 0) is 31.7 Å². The Balaban J connectivity index is 2.21. The summed E-state index contributed by atoms with van der Waals surface area (Å²) in [6.07, 6.45) is 1.01. The number of fused-ring (bicyclic) bond motifs is 1. The molecule has 1 aliphatic rings. The van der Waals surface area contributed by atoms with Crippen LogP contribution in [0.25, 0.3) is 0 Å². The molecule has 1 aliphatic heterocycles. The first-order chi connectivity index (χ1) is 8.11. The van der Waals surface area contributed by atoms with Gasteiger partial charge >= 0.3 is 0 Å². The average molecular weight is 299 g/mol. The first-order valence-corrected chi connectivity index (χ1v) is 6.75. The first kappa shape index (κ1) is 12.9. The van der Waals surface area contributed by atoms with Crippen molar-refractivity contribution in [3.8, 4) is 5.75 Å². The zero-order valence-electron chi connectivity index (χ0n) is 10.4. The molecule has 0 saturated heterocycles. The zero-order chi connectivity index (χ0) is 12.4. The molecule has 1 atom stereocenters. The molecule has 4 heteroatoms. The van der Waals surface area contributed by atoms with Gasteiger partial charge in [-0.25, -0.2) is 0 Å². The van der Waals surface area contributed by atoms with Crippen LogP contribution in [0.5, 0.6) is 5.75 Å². The number of benzene rings is 1. The molecule has 1 heterocycles. The second kappa shape index (κ2) is 5.38. The maximum absolute atomic E-state index is 5.72. The summed E-state index contributed by atoms with van der Waals surface area (Å²) in [6.45, 7) is 4.49. The first-order valence-electron chi connectivity index (χ1n) is 5.96. The highest BCUT2D eigenvalue weighted by Crippen LogP contribution is 2.33. The van der Waals surface area contributed by atoms with Crippen molar-refractivity contribution in [2.24, 2.45) is 5.73 Å². The third-order valence-electron chi connectivity index (χ3n) is 3.34. The van der Waals surface area contributed by atoms with E-state index in [1.54, 1.807) is 0 Å². The Morgan fingerprint density at radius 1 is 1.53 bits per heavy atom. The average Bonchev–Trinajstić information content (AvgIpc) is 2.75. The van der Waals surface area contributed by atoms with Gasteiger partial charge in [0.05, 0.1) is 6.61 Å². The number of ether oxygens (including phenoxy) is 1. The molecule has 3 nitrogen and oxygen atoms in total. The Kier molecular flexibility index (Phi) is 4.07. The highest BCUT2D eigenvalue weighted by Gasteiger charge is 2.19. The van der Waals surface area contributed by atoms with E-state index in [4.69, 9.17) is 10.5 Å². The van der Waals surface area contributed by atoms with E-state index in [2.05, 4.69) is 46.9 Å². The molecular weight excluding hydrogens is 280 g/mol. The van der Waals surface area contributed by atoms with Crippen LogP contribution in [0.3, 0.4) is 0 Å². The summed E-state index contributed by atoms with van der Waals surface area (Å²) in [4.78, 5) is 2.25. The minimum atomic E-state index is 0.381. The molecule has 0 spiro atoms. The molecular formula is C13H19BrN2O. The maximum Gasteiger partial charge on any atom is 0.127 e. The van der Waals surface area contributed by atoms with Gasteiger partial charge in [0.2, 0.25) is 0 Å². The highest BCUT2D eigenvalue weighted by atomic mass is 79.9. The minimum Gasteiger partial charge on any atom is -0.493 e. The molecule has 1 aromatic rings. The third kappa shape index (κ3) is 2.81. The molecule has 0 aromatic heterocycles. The summed E-state index contributed by atoms with van der Waals surface area (Å²) in [5.41, 5.74) is 8.24. The van der Waals surface area contributed by atoms with E-state index in [0.29, 0.717) is 12.6 Å². The second-order valence-electron chi connectivity index (χ2n) is 4.65. The van der Waals surface area contributed by atoms with E-state index in [1.807, 2.05) is 0 Å². The van der Waals surface area contributed by atoms with Crippen molar-refractivity contribution in [3.05, 3.63) is 27.7 Å². The van der Waals surface area contributed by atoms with Crippen LogP contribution in [0.1, 0.15) is 18.1 Å². The van der Waals surface area contributed by atoms with E-state index >= 15 is 0 Å². The molecule has 0 fully saturated rings. The highest BCUT2D eigenvalue weighted by molar-refractivity contribution is 9.10. The molecule has 0 radical (unpaired) electrons. The lowest BCUT2D eigenvalue weighted by Crippen LogP contribution is -2.34. The smallest absolute Gasteiger partial charge is 0.127 e. The Morgan fingerprint density at radius 2 is 2.29 bits per heavy atom. The van der Waals surface area contributed by atoms with Gasteiger partial charge in [0, 0.05) is 35.6 Å².